The minimum Gasteiger partial charge on any atom is -0.482 e. The SMILES string of the molecule is Cc1ccc(C2C(C#N)=C(N)Oc3cc(OC(=O)COc4ccc(F)cc4)ccc32)cc1. The molecular weight excluding hydrogens is 411 g/mol. The summed E-state index contributed by atoms with van der Waals surface area (Å²) in [6.45, 7) is 1.63. The number of allylic oxidation sites excluding steroid dienone is 1. The van der Waals surface area contributed by atoms with Gasteiger partial charge in [-0.3, -0.25) is 0 Å². The fourth-order valence-corrected chi connectivity index (χ4v) is 3.44. The predicted octanol–water partition coefficient (Wildman–Crippen LogP) is 4.34. The van der Waals surface area contributed by atoms with Gasteiger partial charge in [0.25, 0.3) is 0 Å². The monoisotopic (exact) mass is 430 g/mol. The van der Waals surface area contributed by atoms with Gasteiger partial charge in [0.1, 0.15) is 34.7 Å². The van der Waals surface area contributed by atoms with E-state index >= 15 is 0 Å². The molecular formula is C25H19FN2O4. The van der Waals surface area contributed by atoms with Gasteiger partial charge in [-0.1, -0.05) is 35.9 Å². The number of esters is 1. The Morgan fingerprint density at radius 2 is 1.78 bits per heavy atom. The summed E-state index contributed by atoms with van der Waals surface area (Å²) in [6.07, 6.45) is 0. The van der Waals surface area contributed by atoms with Crippen molar-refractivity contribution in [3.63, 3.8) is 0 Å². The van der Waals surface area contributed by atoms with Crippen LogP contribution in [0.15, 0.2) is 78.2 Å². The first-order valence-electron chi connectivity index (χ1n) is 9.82. The maximum Gasteiger partial charge on any atom is 0.349 e. The third-order valence-electron chi connectivity index (χ3n) is 5.00. The third kappa shape index (κ3) is 4.40. The number of ether oxygens (including phenoxy) is 3. The number of fused-ring (bicyclic) bond motifs is 1. The van der Waals surface area contributed by atoms with Crippen molar-refractivity contribution in [2.45, 2.75) is 12.8 Å². The summed E-state index contributed by atoms with van der Waals surface area (Å²) < 4.78 is 29.2. The number of halogens is 1. The molecule has 3 aromatic rings. The molecule has 6 nitrogen and oxygen atoms in total. The minimum atomic E-state index is -0.638. The first-order valence-corrected chi connectivity index (χ1v) is 9.82. The van der Waals surface area contributed by atoms with Crippen molar-refractivity contribution >= 4 is 5.97 Å². The average molecular weight is 430 g/mol. The van der Waals surface area contributed by atoms with E-state index in [0.717, 1.165) is 16.7 Å². The number of carbonyl (C=O) groups is 1. The minimum absolute atomic E-state index is 0.00805. The molecule has 0 saturated heterocycles. The van der Waals surface area contributed by atoms with Crippen molar-refractivity contribution in [1.29, 1.82) is 5.26 Å². The Balaban J connectivity index is 1.53. The largest absolute Gasteiger partial charge is 0.482 e. The fraction of sp³-hybridized carbons (Fsp3) is 0.120. The van der Waals surface area contributed by atoms with Crippen molar-refractivity contribution in [2.24, 2.45) is 5.73 Å². The van der Waals surface area contributed by atoms with E-state index in [4.69, 9.17) is 19.9 Å². The number of benzene rings is 3. The van der Waals surface area contributed by atoms with Crippen LogP contribution in [-0.4, -0.2) is 12.6 Å². The number of nitrogens with two attached hydrogens (primary N) is 1. The van der Waals surface area contributed by atoms with Crippen molar-refractivity contribution in [3.05, 3.63) is 101 Å². The van der Waals surface area contributed by atoms with E-state index in [1.165, 1.54) is 24.3 Å². The molecule has 1 atom stereocenters. The van der Waals surface area contributed by atoms with Gasteiger partial charge in [0.15, 0.2) is 6.61 Å². The molecule has 0 radical (unpaired) electrons. The number of nitrogens with zero attached hydrogens (tertiary/aromatic N) is 1. The molecule has 3 aromatic carbocycles. The Bertz CT molecular complexity index is 1230. The Kier molecular flexibility index (Phi) is 5.77. The zero-order chi connectivity index (χ0) is 22.7. The highest BCUT2D eigenvalue weighted by Crippen LogP contribution is 2.43. The Hall–Kier alpha value is -4.31. The van der Waals surface area contributed by atoms with Gasteiger partial charge in [-0.25, -0.2) is 9.18 Å². The van der Waals surface area contributed by atoms with Gasteiger partial charge >= 0.3 is 5.97 Å². The maximum atomic E-state index is 13.0. The van der Waals surface area contributed by atoms with Gasteiger partial charge < -0.3 is 19.9 Å². The molecule has 1 unspecified atom stereocenters. The molecule has 2 N–H and O–H groups in total. The lowest BCUT2D eigenvalue weighted by Gasteiger charge is -2.26. The van der Waals surface area contributed by atoms with Crippen molar-refractivity contribution in [2.75, 3.05) is 6.61 Å². The highest BCUT2D eigenvalue weighted by Gasteiger charge is 2.31. The van der Waals surface area contributed by atoms with Gasteiger partial charge in [0.2, 0.25) is 5.88 Å². The lowest BCUT2D eigenvalue weighted by molar-refractivity contribution is -0.136. The van der Waals surface area contributed by atoms with E-state index in [-0.39, 0.29) is 18.2 Å². The standard InChI is InChI=1S/C25H19FN2O4/c1-15-2-4-16(5-3-15)24-20-11-10-19(12-22(20)32-25(28)21(24)13-27)31-23(29)14-30-18-8-6-17(26)7-9-18/h2-12,24H,14,28H2,1H3. The number of nitriles is 1. The summed E-state index contributed by atoms with van der Waals surface area (Å²) in [5, 5.41) is 9.64. The molecule has 0 amide bonds. The van der Waals surface area contributed by atoms with Crippen LogP contribution in [0, 0.1) is 24.1 Å². The van der Waals surface area contributed by atoms with Crippen molar-refractivity contribution in [3.8, 4) is 23.3 Å². The zero-order valence-corrected chi connectivity index (χ0v) is 17.2. The molecule has 1 aliphatic heterocycles. The van der Waals surface area contributed by atoms with Crippen LogP contribution >= 0.6 is 0 Å². The summed E-state index contributed by atoms with van der Waals surface area (Å²) in [4.78, 5) is 12.2. The normalized spacial score (nSPS) is 14.7. The molecule has 0 aliphatic carbocycles. The predicted molar refractivity (Wildman–Crippen MR) is 114 cm³/mol. The lowest BCUT2D eigenvalue weighted by atomic mass is 9.83. The van der Waals surface area contributed by atoms with E-state index in [1.54, 1.807) is 18.2 Å². The number of aryl methyl sites for hydroxylation is 1. The van der Waals surface area contributed by atoms with Crippen molar-refractivity contribution < 1.29 is 23.4 Å². The van der Waals surface area contributed by atoms with Crippen LogP contribution in [0.3, 0.4) is 0 Å². The number of rotatable bonds is 5. The van der Waals surface area contributed by atoms with E-state index in [1.807, 2.05) is 31.2 Å². The Morgan fingerprint density at radius 1 is 1.09 bits per heavy atom. The van der Waals surface area contributed by atoms with Crippen LogP contribution in [0.2, 0.25) is 0 Å². The van der Waals surface area contributed by atoms with E-state index in [0.29, 0.717) is 17.1 Å². The third-order valence-corrected chi connectivity index (χ3v) is 5.00. The van der Waals surface area contributed by atoms with E-state index < -0.39 is 17.7 Å². The molecule has 1 heterocycles. The fourth-order valence-electron chi connectivity index (χ4n) is 3.44. The number of hydrogen-bond donors (Lipinski definition) is 1. The second kappa shape index (κ2) is 8.82. The highest BCUT2D eigenvalue weighted by atomic mass is 19.1. The summed E-state index contributed by atoms with van der Waals surface area (Å²) in [7, 11) is 0. The highest BCUT2D eigenvalue weighted by molar-refractivity contribution is 5.74. The summed E-state index contributed by atoms with van der Waals surface area (Å²) in [5.41, 5.74) is 9.07. The average Bonchev–Trinajstić information content (AvgIpc) is 2.78. The van der Waals surface area contributed by atoms with Gasteiger partial charge in [-0.15, -0.1) is 0 Å². The van der Waals surface area contributed by atoms with Crippen LogP contribution in [0.25, 0.3) is 0 Å². The van der Waals surface area contributed by atoms with E-state index in [9.17, 15) is 14.4 Å². The van der Waals surface area contributed by atoms with Gasteiger partial charge in [-0.2, -0.15) is 5.26 Å². The molecule has 0 saturated carbocycles. The maximum absolute atomic E-state index is 13.0. The summed E-state index contributed by atoms with van der Waals surface area (Å²) in [5.74, 6) is -0.430. The summed E-state index contributed by atoms with van der Waals surface area (Å²) in [6, 6.07) is 20.2. The topological polar surface area (TPSA) is 94.6 Å². The Labute approximate surface area is 184 Å². The lowest BCUT2D eigenvalue weighted by Crippen LogP contribution is -2.21. The van der Waals surface area contributed by atoms with Gasteiger partial charge in [0, 0.05) is 11.6 Å². The van der Waals surface area contributed by atoms with Gasteiger partial charge in [0.05, 0.1) is 5.92 Å². The summed E-state index contributed by atoms with van der Waals surface area (Å²) >= 11 is 0. The first-order chi connectivity index (χ1) is 15.4. The van der Waals surface area contributed by atoms with Crippen molar-refractivity contribution in [1.82, 2.24) is 0 Å². The Morgan fingerprint density at radius 3 is 2.47 bits per heavy atom. The van der Waals surface area contributed by atoms with E-state index in [2.05, 4.69) is 6.07 Å². The van der Waals surface area contributed by atoms with Crippen LogP contribution < -0.4 is 19.9 Å². The first kappa shape index (κ1) is 20.9. The molecule has 1 aliphatic rings. The molecule has 0 fully saturated rings. The molecule has 0 bridgehead atoms. The molecule has 7 heteroatoms. The molecule has 160 valence electrons. The van der Waals surface area contributed by atoms with Gasteiger partial charge in [-0.05, 0) is 42.8 Å². The van der Waals surface area contributed by atoms with Crippen LogP contribution in [0.5, 0.6) is 17.2 Å². The molecule has 32 heavy (non-hydrogen) atoms. The zero-order valence-electron chi connectivity index (χ0n) is 17.2. The second-order valence-electron chi connectivity index (χ2n) is 7.25. The molecule has 4 rings (SSSR count). The molecule has 0 aromatic heterocycles. The number of carbonyl (C=O) groups excluding carboxylic acids is 1. The van der Waals surface area contributed by atoms with Crippen LogP contribution in [0.4, 0.5) is 4.39 Å². The molecule has 0 spiro atoms. The van der Waals surface area contributed by atoms with Crippen LogP contribution in [-0.2, 0) is 4.79 Å². The quantitative estimate of drug-likeness (QED) is 0.478. The van der Waals surface area contributed by atoms with Crippen LogP contribution in [0.1, 0.15) is 22.6 Å². The number of hydrogen-bond acceptors (Lipinski definition) is 6. The second-order valence-corrected chi connectivity index (χ2v) is 7.25. The smallest absolute Gasteiger partial charge is 0.349 e.